The monoisotopic (exact) mass is 461 g/mol. The third kappa shape index (κ3) is 5.57. The predicted octanol–water partition coefficient (Wildman–Crippen LogP) is 2.92. The number of nitrogens with zero attached hydrogens (tertiary/aromatic N) is 4. The number of likely N-dealkylation sites (tertiary alicyclic amines) is 1. The summed E-state index contributed by atoms with van der Waals surface area (Å²) in [6, 6.07) is 0.461. The minimum atomic E-state index is 0. The number of aliphatic imine (C=N–C) groups is 1. The lowest BCUT2D eigenvalue weighted by Crippen LogP contribution is -2.49. The molecule has 0 aliphatic carbocycles. The predicted molar refractivity (Wildman–Crippen MR) is 112 cm³/mol. The number of ether oxygens (including phenoxy) is 1. The number of guanidine groups is 1. The van der Waals surface area contributed by atoms with Crippen LogP contribution < -0.4 is 5.32 Å². The second-order valence-corrected chi connectivity index (χ2v) is 6.95. The van der Waals surface area contributed by atoms with Crippen LogP contribution in [0.15, 0.2) is 23.7 Å². The third-order valence-electron chi connectivity index (χ3n) is 5.20. The largest absolute Gasteiger partial charge is 0.378 e. The summed E-state index contributed by atoms with van der Waals surface area (Å²) in [5, 5.41) is 3.47. The van der Waals surface area contributed by atoms with Crippen molar-refractivity contribution in [3.05, 3.63) is 18.7 Å². The standard InChI is InChI=1S/C18H31N5O.HI/c1-3-20-18(21-8-6-16-5-4-12-24-16)22-10-7-15(2)17(13-22)23-11-9-19-14-23;/h9,11,14-17H,3-8,10,12-13H2,1-2H3,(H,20,21);1H. The maximum Gasteiger partial charge on any atom is 0.193 e. The Bertz CT molecular complexity index is 516. The minimum Gasteiger partial charge on any atom is -0.378 e. The normalized spacial score (nSPS) is 27.2. The molecule has 1 aromatic heterocycles. The van der Waals surface area contributed by atoms with Gasteiger partial charge in [-0.2, -0.15) is 0 Å². The van der Waals surface area contributed by atoms with E-state index in [1.807, 2.05) is 12.5 Å². The van der Waals surface area contributed by atoms with E-state index in [-0.39, 0.29) is 24.0 Å². The molecule has 3 rings (SSSR count). The van der Waals surface area contributed by atoms with Crippen molar-refractivity contribution in [1.29, 1.82) is 0 Å². The number of aromatic nitrogens is 2. The molecular formula is C18H32IN5O. The van der Waals surface area contributed by atoms with Crippen molar-refractivity contribution in [2.45, 2.75) is 51.7 Å². The van der Waals surface area contributed by atoms with Gasteiger partial charge in [0.2, 0.25) is 0 Å². The van der Waals surface area contributed by atoms with Crippen LogP contribution in [0.4, 0.5) is 0 Å². The molecule has 6 nitrogen and oxygen atoms in total. The number of hydrogen-bond donors (Lipinski definition) is 1. The quantitative estimate of drug-likeness (QED) is 0.416. The topological polar surface area (TPSA) is 54.7 Å². The zero-order valence-corrected chi connectivity index (χ0v) is 17.8. The van der Waals surface area contributed by atoms with Crippen LogP contribution in [-0.4, -0.2) is 59.3 Å². The van der Waals surface area contributed by atoms with E-state index in [4.69, 9.17) is 9.73 Å². The van der Waals surface area contributed by atoms with Gasteiger partial charge in [-0.15, -0.1) is 24.0 Å². The molecule has 3 unspecified atom stereocenters. The summed E-state index contributed by atoms with van der Waals surface area (Å²) in [5.74, 6) is 1.71. The maximum absolute atomic E-state index is 5.71. The Hall–Kier alpha value is -0.830. The lowest BCUT2D eigenvalue weighted by Gasteiger charge is -2.39. The molecule has 0 aromatic carbocycles. The van der Waals surface area contributed by atoms with Crippen molar-refractivity contribution in [2.24, 2.45) is 10.9 Å². The highest BCUT2D eigenvalue weighted by Crippen LogP contribution is 2.27. The van der Waals surface area contributed by atoms with Crippen molar-refractivity contribution in [1.82, 2.24) is 19.8 Å². The molecule has 2 aliphatic heterocycles. The van der Waals surface area contributed by atoms with Crippen LogP contribution in [0.25, 0.3) is 0 Å². The van der Waals surface area contributed by atoms with Crippen molar-refractivity contribution >= 4 is 29.9 Å². The van der Waals surface area contributed by atoms with Gasteiger partial charge in [0.25, 0.3) is 0 Å². The first kappa shape index (κ1) is 20.5. The first-order valence-corrected chi connectivity index (χ1v) is 9.40. The van der Waals surface area contributed by atoms with E-state index in [1.165, 1.54) is 19.3 Å². The summed E-state index contributed by atoms with van der Waals surface area (Å²) in [6.45, 7) is 9.20. The van der Waals surface area contributed by atoms with E-state index >= 15 is 0 Å². The molecule has 0 bridgehead atoms. The van der Waals surface area contributed by atoms with Crippen molar-refractivity contribution in [3.8, 4) is 0 Å². The molecule has 0 radical (unpaired) electrons. The molecule has 142 valence electrons. The van der Waals surface area contributed by atoms with Gasteiger partial charge in [0.05, 0.1) is 18.5 Å². The molecule has 3 heterocycles. The zero-order valence-electron chi connectivity index (χ0n) is 15.4. The lowest BCUT2D eigenvalue weighted by molar-refractivity contribution is 0.106. The summed E-state index contributed by atoms with van der Waals surface area (Å²) in [6.07, 6.45) is 10.9. The molecule has 0 amide bonds. The van der Waals surface area contributed by atoms with Crippen LogP contribution >= 0.6 is 24.0 Å². The number of hydrogen-bond acceptors (Lipinski definition) is 3. The fourth-order valence-electron chi connectivity index (χ4n) is 3.71. The Labute approximate surface area is 168 Å². The van der Waals surface area contributed by atoms with Crippen molar-refractivity contribution < 1.29 is 4.74 Å². The fourth-order valence-corrected chi connectivity index (χ4v) is 3.71. The number of imidazole rings is 1. The lowest BCUT2D eigenvalue weighted by atomic mass is 9.93. The first-order valence-electron chi connectivity index (χ1n) is 9.40. The maximum atomic E-state index is 5.71. The van der Waals surface area contributed by atoms with Gasteiger partial charge in [0, 0.05) is 45.2 Å². The van der Waals surface area contributed by atoms with E-state index in [9.17, 15) is 0 Å². The molecule has 2 aliphatic rings. The smallest absolute Gasteiger partial charge is 0.193 e. The molecule has 2 saturated heterocycles. The second-order valence-electron chi connectivity index (χ2n) is 6.95. The summed E-state index contributed by atoms with van der Waals surface area (Å²) >= 11 is 0. The van der Waals surface area contributed by atoms with Gasteiger partial charge in [-0.1, -0.05) is 6.92 Å². The fraction of sp³-hybridized carbons (Fsp3) is 0.778. The van der Waals surface area contributed by atoms with E-state index in [1.54, 1.807) is 0 Å². The van der Waals surface area contributed by atoms with Gasteiger partial charge in [0.1, 0.15) is 0 Å². The van der Waals surface area contributed by atoms with Gasteiger partial charge in [-0.05, 0) is 38.5 Å². The average molecular weight is 461 g/mol. The van der Waals surface area contributed by atoms with Gasteiger partial charge >= 0.3 is 0 Å². The third-order valence-corrected chi connectivity index (χ3v) is 5.20. The summed E-state index contributed by atoms with van der Waals surface area (Å²) in [4.78, 5) is 11.5. The number of nitrogens with one attached hydrogen (secondary N) is 1. The Morgan fingerprint density at radius 1 is 1.40 bits per heavy atom. The van der Waals surface area contributed by atoms with Crippen LogP contribution in [0.5, 0.6) is 0 Å². The summed E-state index contributed by atoms with van der Waals surface area (Å²) in [7, 11) is 0. The minimum absolute atomic E-state index is 0. The Morgan fingerprint density at radius 3 is 2.96 bits per heavy atom. The van der Waals surface area contributed by atoms with Crippen LogP contribution in [0.2, 0.25) is 0 Å². The van der Waals surface area contributed by atoms with E-state index in [0.717, 1.165) is 45.2 Å². The summed E-state index contributed by atoms with van der Waals surface area (Å²) < 4.78 is 7.95. The Kier molecular flexibility index (Phi) is 8.48. The molecule has 3 atom stereocenters. The average Bonchev–Trinajstić information content (AvgIpc) is 3.28. The van der Waals surface area contributed by atoms with Crippen LogP contribution in [0.3, 0.4) is 0 Å². The number of piperidine rings is 1. The van der Waals surface area contributed by atoms with E-state index < -0.39 is 0 Å². The van der Waals surface area contributed by atoms with E-state index in [2.05, 4.69) is 39.8 Å². The highest BCUT2D eigenvalue weighted by Gasteiger charge is 2.28. The van der Waals surface area contributed by atoms with Gasteiger partial charge in [0.15, 0.2) is 5.96 Å². The Balaban J connectivity index is 0.00000225. The van der Waals surface area contributed by atoms with Gasteiger partial charge in [-0.3, -0.25) is 4.99 Å². The molecule has 1 aromatic rings. The van der Waals surface area contributed by atoms with E-state index in [0.29, 0.717) is 18.1 Å². The van der Waals surface area contributed by atoms with Crippen LogP contribution in [0.1, 0.15) is 45.6 Å². The second kappa shape index (κ2) is 10.4. The molecular weight excluding hydrogens is 429 g/mol. The highest BCUT2D eigenvalue weighted by molar-refractivity contribution is 14.0. The zero-order chi connectivity index (χ0) is 16.8. The summed E-state index contributed by atoms with van der Waals surface area (Å²) in [5.41, 5.74) is 0. The Morgan fingerprint density at radius 2 is 2.28 bits per heavy atom. The first-order chi connectivity index (χ1) is 11.8. The molecule has 1 N–H and O–H groups in total. The number of rotatable bonds is 5. The molecule has 0 spiro atoms. The van der Waals surface area contributed by atoms with Gasteiger partial charge < -0.3 is 19.5 Å². The number of halogens is 1. The van der Waals surface area contributed by atoms with Crippen molar-refractivity contribution in [3.63, 3.8) is 0 Å². The van der Waals surface area contributed by atoms with Crippen molar-refractivity contribution in [2.75, 3.05) is 32.8 Å². The molecule has 25 heavy (non-hydrogen) atoms. The molecule has 0 saturated carbocycles. The highest BCUT2D eigenvalue weighted by atomic mass is 127. The SMILES string of the molecule is CCNC(=NCCC1CCCO1)N1CCC(C)C(n2ccnc2)C1.I. The van der Waals surface area contributed by atoms with Crippen LogP contribution in [0, 0.1) is 5.92 Å². The molecule has 2 fully saturated rings. The molecule has 7 heteroatoms. The van der Waals surface area contributed by atoms with Crippen LogP contribution in [-0.2, 0) is 4.74 Å². The van der Waals surface area contributed by atoms with Gasteiger partial charge in [-0.25, -0.2) is 4.98 Å².